The molecule has 0 heterocycles. The molecule has 0 unspecified atom stereocenters. The molecule has 0 aliphatic heterocycles. The van der Waals surface area contributed by atoms with Crippen LogP contribution in [0.4, 0.5) is 11.4 Å². The van der Waals surface area contributed by atoms with Gasteiger partial charge in [0.2, 0.25) is 0 Å². The molecule has 104 valence electrons. The average Bonchev–Trinajstić information content (AvgIpc) is 2.41. The molecule has 2 aromatic carbocycles. The van der Waals surface area contributed by atoms with Crippen LogP contribution in [-0.2, 0) is 6.54 Å². The van der Waals surface area contributed by atoms with Crippen LogP contribution in [0.25, 0.3) is 0 Å². The lowest BCUT2D eigenvalue weighted by molar-refractivity contribution is -0.385. The molecule has 6 heteroatoms. The first-order valence-corrected chi connectivity index (χ1v) is 7.49. The predicted octanol–water partition coefficient (Wildman–Crippen LogP) is 5.04. The summed E-state index contributed by atoms with van der Waals surface area (Å²) >= 11 is 6.72. The Kier molecular flexibility index (Phi) is 4.77. The van der Waals surface area contributed by atoms with E-state index < -0.39 is 0 Å². The highest BCUT2D eigenvalue weighted by Crippen LogP contribution is 2.27. The van der Waals surface area contributed by atoms with Crippen molar-refractivity contribution in [2.24, 2.45) is 0 Å². The zero-order valence-corrected chi connectivity index (χ0v) is 13.9. The van der Waals surface area contributed by atoms with Gasteiger partial charge in [0.05, 0.1) is 4.92 Å². The number of hydrogen-bond acceptors (Lipinski definition) is 3. The van der Waals surface area contributed by atoms with Gasteiger partial charge in [-0.2, -0.15) is 0 Å². The summed E-state index contributed by atoms with van der Waals surface area (Å²) in [5.41, 5.74) is 2.79. The molecule has 0 bridgehead atoms. The second-order valence-corrected chi connectivity index (χ2v) is 6.07. The maximum Gasteiger partial charge on any atom is 0.275 e. The van der Waals surface area contributed by atoms with E-state index in [0.29, 0.717) is 16.6 Å². The number of halogens is 2. The first-order chi connectivity index (χ1) is 9.49. The quantitative estimate of drug-likeness (QED) is 0.578. The molecule has 2 aromatic rings. The summed E-state index contributed by atoms with van der Waals surface area (Å²) in [4.78, 5) is 10.7. The number of nitro benzene ring substituents is 1. The van der Waals surface area contributed by atoms with Crippen molar-refractivity contribution in [3.63, 3.8) is 0 Å². The van der Waals surface area contributed by atoms with Crippen molar-refractivity contribution >= 4 is 43.2 Å². The summed E-state index contributed by atoms with van der Waals surface area (Å²) in [5.74, 6) is 0. The fourth-order valence-corrected chi connectivity index (χ4v) is 2.56. The maximum absolute atomic E-state index is 11.1. The lowest BCUT2D eigenvalue weighted by atomic mass is 10.1. The van der Waals surface area contributed by atoms with Gasteiger partial charge in [0.15, 0.2) is 0 Å². The van der Waals surface area contributed by atoms with Crippen molar-refractivity contribution in [2.75, 3.05) is 5.32 Å². The van der Waals surface area contributed by atoms with Crippen molar-refractivity contribution < 1.29 is 4.92 Å². The minimum atomic E-state index is -0.366. The molecule has 20 heavy (non-hydrogen) atoms. The molecule has 0 saturated carbocycles. The van der Waals surface area contributed by atoms with Crippen LogP contribution < -0.4 is 5.32 Å². The van der Waals surface area contributed by atoms with Crippen LogP contribution in [0.1, 0.15) is 11.1 Å². The Morgan fingerprint density at radius 2 is 2.00 bits per heavy atom. The Bertz CT molecular complexity index is 660. The third kappa shape index (κ3) is 3.37. The topological polar surface area (TPSA) is 55.2 Å². The van der Waals surface area contributed by atoms with Gasteiger partial charge in [-0.25, -0.2) is 0 Å². The smallest absolute Gasteiger partial charge is 0.275 e. The monoisotopic (exact) mass is 398 g/mol. The van der Waals surface area contributed by atoms with E-state index in [4.69, 9.17) is 0 Å². The zero-order chi connectivity index (χ0) is 14.7. The molecule has 4 nitrogen and oxygen atoms in total. The number of hydrogen-bond donors (Lipinski definition) is 1. The molecule has 0 radical (unpaired) electrons. The van der Waals surface area contributed by atoms with E-state index >= 15 is 0 Å². The van der Waals surface area contributed by atoms with Crippen molar-refractivity contribution in [3.8, 4) is 0 Å². The summed E-state index contributed by atoms with van der Waals surface area (Å²) in [6.07, 6.45) is 0. The second-order valence-electron chi connectivity index (χ2n) is 4.30. The third-order valence-electron chi connectivity index (χ3n) is 2.98. The van der Waals surface area contributed by atoms with Gasteiger partial charge in [-0.15, -0.1) is 0 Å². The Balaban J connectivity index is 2.23. The largest absolute Gasteiger partial charge is 0.380 e. The molecule has 0 spiro atoms. The van der Waals surface area contributed by atoms with E-state index in [0.717, 1.165) is 15.7 Å². The summed E-state index contributed by atoms with van der Waals surface area (Å²) in [6, 6.07) is 10.9. The van der Waals surface area contributed by atoms with Crippen LogP contribution >= 0.6 is 31.9 Å². The molecule has 1 N–H and O–H groups in total. The number of anilines is 1. The van der Waals surface area contributed by atoms with Crippen LogP contribution in [0, 0.1) is 17.0 Å². The first kappa shape index (κ1) is 15.0. The summed E-state index contributed by atoms with van der Waals surface area (Å²) in [7, 11) is 0. The predicted molar refractivity (Wildman–Crippen MR) is 87.0 cm³/mol. The zero-order valence-electron chi connectivity index (χ0n) is 10.7. The number of benzene rings is 2. The van der Waals surface area contributed by atoms with Crippen LogP contribution in [0.5, 0.6) is 0 Å². The average molecular weight is 400 g/mol. The van der Waals surface area contributed by atoms with Crippen molar-refractivity contribution in [3.05, 3.63) is 66.6 Å². The van der Waals surface area contributed by atoms with Gasteiger partial charge in [0, 0.05) is 32.8 Å². The van der Waals surface area contributed by atoms with Crippen LogP contribution in [0.3, 0.4) is 0 Å². The molecule has 2 rings (SSSR count). The van der Waals surface area contributed by atoms with Gasteiger partial charge in [0.25, 0.3) is 5.69 Å². The van der Waals surface area contributed by atoms with Gasteiger partial charge in [-0.3, -0.25) is 10.1 Å². The van der Waals surface area contributed by atoms with Gasteiger partial charge in [0.1, 0.15) is 0 Å². The van der Waals surface area contributed by atoms with E-state index in [2.05, 4.69) is 37.2 Å². The highest BCUT2D eigenvalue weighted by molar-refractivity contribution is 9.10. The summed E-state index contributed by atoms with van der Waals surface area (Å²) < 4.78 is 1.71. The minimum Gasteiger partial charge on any atom is -0.380 e. The van der Waals surface area contributed by atoms with E-state index in [1.807, 2.05) is 25.1 Å². The van der Waals surface area contributed by atoms with Gasteiger partial charge >= 0.3 is 0 Å². The molecular weight excluding hydrogens is 388 g/mol. The van der Waals surface area contributed by atoms with Gasteiger partial charge < -0.3 is 5.32 Å². The number of nitrogens with one attached hydrogen (secondary N) is 1. The Hall–Kier alpha value is -1.40. The van der Waals surface area contributed by atoms with Crippen LogP contribution in [0.2, 0.25) is 0 Å². The molecule has 0 saturated heterocycles. The normalized spacial score (nSPS) is 10.3. The highest BCUT2D eigenvalue weighted by atomic mass is 79.9. The Morgan fingerprint density at radius 3 is 2.70 bits per heavy atom. The molecule has 0 atom stereocenters. The minimum absolute atomic E-state index is 0.111. The van der Waals surface area contributed by atoms with Gasteiger partial charge in [-0.05, 0) is 36.8 Å². The lowest BCUT2D eigenvalue weighted by Crippen LogP contribution is -2.04. The summed E-state index contributed by atoms with van der Waals surface area (Å²) in [6.45, 7) is 2.39. The van der Waals surface area contributed by atoms with E-state index in [1.54, 1.807) is 12.1 Å². The first-order valence-electron chi connectivity index (χ1n) is 5.91. The SMILES string of the molecule is Cc1c(Br)cccc1NCc1ccc(Br)cc1[N+](=O)[O-]. The van der Waals surface area contributed by atoms with E-state index in [-0.39, 0.29) is 10.6 Å². The van der Waals surface area contributed by atoms with Gasteiger partial charge in [-0.1, -0.05) is 37.9 Å². The third-order valence-corrected chi connectivity index (χ3v) is 4.33. The fraction of sp³-hybridized carbons (Fsp3) is 0.143. The number of rotatable bonds is 4. The molecule has 0 fully saturated rings. The Labute approximate surface area is 133 Å². The molecule has 0 amide bonds. The summed E-state index contributed by atoms with van der Waals surface area (Å²) in [5, 5.41) is 14.3. The van der Waals surface area contributed by atoms with Crippen molar-refractivity contribution in [1.82, 2.24) is 0 Å². The van der Waals surface area contributed by atoms with E-state index in [9.17, 15) is 10.1 Å². The standard InChI is InChI=1S/C14H12Br2N2O2/c1-9-12(16)3-2-4-13(9)17-8-10-5-6-11(15)7-14(10)18(19)20/h2-7,17H,8H2,1H3. The highest BCUT2D eigenvalue weighted by Gasteiger charge is 2.14. The number of nitro groups is 1. The number of nitrogens with zero attached hydrogens (tertiary/aromatic N) is 1. The van der Waals surface area contributed by atoms with Crippen molar-refractivity contribution in [1.29, 1.82) is 0 Å². The maximum atomic E-state index is 11.1. The van der Waals surface area contributed by atoms with E-state index in [1.165, 1.54) is 6.07 Å². The van der Waals surface area contributed by atoms with Crippen molar-refractivity contribution in [2.45, 2.75) is 13.5 Å². The second kappa shape index (κ2) is 6.37. The molecule has 0 aliphatic carbocycles. The molecular formula is C14H12Br2N2O2. The molecule has 0 aliphatic rings. The Morgan fingerprint density at radius 1 is 1.25 bits per heavy atom. The molecule has 0 aromatic heterocycles. The lowest BCUT2D eigenvalue weighted by Gasteiger charge is -2.11. The fourth-order valence-electron chi connectivity index (χ4n) is 1.85. The van der Waals surface area contributed by atoms with Crippen LogP contribution in [-0.4, -0.2) is 4.92 Å². The van der Waals surface area contributed by atoms with Crippen LogP contribution in [0.15, 0.2) is 45.3 Å².